The summed E-state index contributed by atoms with van der Waals surface area (Å²) in [5.74, 6) is 0. The number of hydrogen-bond donors (Lipinski definition) is 1. The number of rotatable bonds is 4. The molecule has 0 radical (unpaired) electrons. The maximum absolute atomic E-state index is 5.68. The van der Waals surface area contributed by atoms with Crippen LogP contribution in [0.5, 0.6) is 0 Å². The molecule has 1 aliphatic heterocycles. The molecule has 1 aliphatic rings. The normalized spacial score (nSPS) is 17.5. The van der Waals surface area contributed by atoms with Crippen molar-refractivity contribution in [2.75, 3.05) is 32.5 Å². The highest BCUT2D eigenvalue weighted by Crippen LogP contribution is 2.14. The highest BCUT2D eigenvalue weighted by atomic mass is 16.5. The van der Waals surface area contributed by atoms with E-state index in [2.05, 4.69) is 24.1 Å². The van der Waals surface area contributed by atoms with Crippen LogP contribution >= 0.6 is 0 Å². The highest BCUT2D eigenvalue weighted by Gasteiger charge is 2.17. The fraction of sp³-hybridized carbons (Fsp3) is 0.571. The molecule has 2 rings (SSSR count). The molecule has 0 atom stereocenters. The molecule has 0 spiro atoms. The highest BCUT2D eigenvalue weighted by molar-refractivity contribution is 5.39. The average Bonchev–Trinajstić information content (AvgIpc) is 2.39. The molecule has 2 N–H and O–H groups in total. The Morgan fingerprint density at radius 2 is 1.88 bits per heavy atom. The zero-order chi connectivity index (χ0) is 12.1. The van der Waals surface area contributed by atoms with Crippen LogP contribution in [-0.2, 0) is 11.2 Å². The smallest absolute Gasteiger partial charge is 0.0480 e. The van der Waals surface area contributed by atoms with Gasteiger partial charge in [-0.05, 0) is 44.0 Å². The molecule has 3 nitrogen and oxygen atoms in total. The Labute approximate surface area is 104 Å². The summed E-state index contributed by atoms with van der Waals surface area (Å²) in [7, 11) is 2.22. The van der Waals surface area contributed by atoms with Crippen molar-refractivity contribution < 1.29 is 4.74 Å². The van der Waals surface area contributed by atoms with Gasteiger partial charge >= 0.3 is 0 Å². The summed E-state index contributed by atoms with van der Waals surface area (Å²) in [5.41, 5.74) is 7.87. The van der Waals surface area contributed by atoms with Gasteiger partial charge in [0.2, 0.25) is 0 Å². The number of hydrogen-bond acceptors (Lipinski definition) is 3. The van der Waals surface area contributed by atoms with Gasteiger partial charge in [-0.2, -0.15) is 0 Å². The number of nitrogens with two attached hydrogens (primary N) is 1. The van der Waals surface area contributed by atoms with E-state index in [1.54, 1.807) is 0 Å². The first-order valence-corrected chi connectivity index (χ1v) is 6.38. The van der Waals surface area contributed by atoms with Gasteiger partial charge in [0.25, 0.3) is 0 Å². The number of likely N-dealkylation sites (N-methyl/N-ethyl adjacent to an activating group) is 1. The van der Waals surface area contributed by atoms with Crippen LogP contribution in [-0.4, -0.2) is 37.7 Å². The molecular weight excluding hydrogens is 212 g/mol. The number of nitrogens with zero attached hydrogens (tertiary/aromatic N) is 1. The maximum Gasteiger partial charge on any atom is 0.0480 e. The van der Waals surface area contributed by atoms with E-state index >= 15 is 0 Å². The molecule has 0 bridgehead atoms. The van der Waals surface area contributed by atoms with Gasteiger partial charge < -0.3 is 15.4 Å². The van der Waals surface area contributed by atoms with Crippen LogP contribution in [0, 0.1) is 0 Å². The molecule has 1 heterocycles. The topological polar surface area (TPSA) is 38.5 Å². The minimum Gasteiger partial charge on any atom is -0.399 e. The Hall–Kier alpha value is -1.06. The first-order valence-electron chi connectivity index (χ1n) is 6.38. The van der Waals surface area contributed by atoms with Crippen LogP contribution < -0.4 is 5.73 Å². The predicted molar refractivity (Wildman–Crippen MR) is 71.0 cm³/mol. The Kier molecular flexibility index (Phi) is 4.40. The lowest BCUT2D eigenvalue weighted by molar-refractivity contribution is 0.0434. The summed E-state index contributed by atoms with van der Waals surface area (Å²) in [6, 6.07) is 8.88. The summed E-state index contributed by atoms with van der Waals surface area (Å²) >= 11 is 0. The summed E-state index contributed by atoms with van der Waals surface area (Å²) in [6.45, 7) is 2.93. The van der Waals surface area contributed by atoms with Crippen molar-refractivity contribution in [3.63, 3.8) is 0 Å². The van der Waals surface area contributed by atoms with E-state index in [0.717, 1.165) is 44.7 Å². The maximum atomic E-state index is 5.68. The predicted octanol–water partition coefficient (Wildman–Crippen LogP) is 1.92. The lowest BCUT2D eigenvalue weighted by Gasteiger charge is -2.31. The van der Waals surface area contributed by atoms with Gasteiger partial charge in [-0.25, -0.2) is 0 Å². The van der Waals surface area contributed by atoms with Crippen LogP contribution in [0.4, 0.5) is 5.69 Å². The van der Waals surface area contributed by atoms with E-state index in [1.807, 2.05) is 12.1 Å². The SMILES string of the molecule is CN(CCc1ccc(N)cc1)C1CCOCC1. The second-order valence-electron chi connectivity index (χ2n) is 4.82. The van der Waals surface area contributed by atoms with Crippen molar-refractivity contribution in [1.29, 1.82) is 0 Å². The van der Waals surface area contributed by atoms with Gasteiger partial charge in [0.15, 0.2) is 0 Å². The van der Waals surface area contributed by atoms with Crippen LogP contribution in [0.1, 0.15) is 18.4 Å². The molecule has 94 valence electrons. The van der Waals surface area contributed by atoms with Crippen LogP contribution in [0.3, 0.4) is 0 Å². The number of anilines is 1. The molecule has 0 saturated carbocycles. The van der Waals surface area contributed by atoms with Crippen molar-refractivity contribution in [3.8, 4) is 0 Å². The molecule has 0 unspecified atom stereocenters. The zero-order valence-corrected chi connectivity index (χ0v) is 10.6. The van der Waals surface area contributed by atoms with Gasteiger partial charge in [-0.3, -0.25) is 0 Å². The summed E-state index contributed by atoms with van der Waals surface area (Å²) in [6.07, 6.45) is 3.42. The average molecular weight is 234 g/mol. The van der Waals surface area contributed by atoms with Crippen LogP contribution in [0.2, 0.25) is 0 Å². The first-order chi connectivity index (χ1) is 8.25. The minimum atomic E-state index is 0.692. The van der Waals surface area contributed by atoms with E-state index < -0.39 is 0 Å². The number of nitrogen functional groups attached to an aromatic ring is 1. The van der Waals surface area contributed by atoms with Crippen LogP contribution in [0.15, 0.2) is 24.3 Å². The molecule has 3 heteroatoms. The fourth-order valence-electron chi connectivity index (χ4n) is 2.30. The molecule has 0 aromatic heterocycles. The molecule has 1 saturated heterocycles. The van der Waals surface area contributed by atoms with Crippen molar-refractivity contribution in [3.05, 3.63) is 29.8 Å². The standard InChI is InChI=1S/C14H22N2O/c1-16(14-7-10-17-11-8-14)9-6-12-2-4-13(15)5-3-12/h2-5,14H,6-11,15H2,1H3. The lowest BCUT2D eigenvalue weighted by Crippen LogP contribution is -2.37. The second-order valence-corrected chi connectivity index (χ2v) is 4.82. The Bertz CT molecular complexity index is 331. The fourth-order valence-corrected chi connectivity index (χ4v) is 2.30. The Morgan fingerprint density at radius 1 is 1.24 bits per heavy atom. The van der Waals surface area contributed by atoms with Crippen molar-refractivity contribution in [2.45, 2.75) is 25.3 Å². The molecule has 0 aliphatic carbocycles. The van der Waals surface area contributed by atoms with Crippen LogP contribution in [0.25, 0.3) is 0 Å². The Balaban J connectivity index is 1.78. The summed E-state index contributed by atoms with van der Waals surface area (Å²) < 4.78 is 5.39. The van der Waals surface area contributed by atoms with Gasteiger partial charge in [0.05, 0.1) is 0 Å². The molecule has 1 aromatic rings. The van der Waals surface area contributed by atoms with E-state index in [9.17, 15) is 0 Å². The van der Waals surface area contributed by atoms with E-state index in [1.165, 1.54) is 5.56 Å². The lowest BCUT2D eigenvalue weighted by atomic mass is 10.1. The Morgan fingerprint density at radius 3 is 2.53 bits per heavy atom. The molecular formula is C14H22N2O. The monoisotopic (exact) mass is 234 g/mol. The van der Waals surface area contributed by atoms with Crippen molar-refractivity contribution >= 4 is 5.69 Å². The summed E-state index contributed by atoms with van der Waals surface area (Å²) in [4.78, 5) is 2.46. The molecule has 17 heavy (non-hydrogen) atoms. The van der Waals surface area contributed by atoms with Gasteiger partial charge in [0, 0.05) is 31.5 Å². The third-order valence-electron chi connectivity index (χ3n) is 3.55. The zero-order valence-electron chi connectivity index (χ0n) is 10.6. The third-order valence-corrected chi connectivity index (χ3v) is 3.55. The van der Waals surface area contributed by atoms with Gasteiger partial charge in [0.1, 0.15) is 0 Å². The van der Waals surface area contributed by atoms with Crippen molar-refractivity contribution in [1.82, 2.24) is 4.90 Å². The number of benzene rings is 1. The van der Waals surface area contributed by atoms with E-state index in [4.69, 9.17) is 10.5 Å². The van der Waals surface area contributed by atoms with Crippen molar-refractivity contribution in [2.24, 2.45) is 0 Å². The second kappa shape index (κ2) is 6.03. The molecule has 0 amide bonds. The van der Waals surface area contributed by atoms with E-state index in [0.29, 0.717) is 6.04 Å². The minimum absolute atomic E-state index is 0.692. The molecule has 1 aromatic carbocycles. The first kappa shape index (κ1) is 12.4. The van der Waals surface area contributed by atoms with E-state index in [-0.39, 0.29) is 0 Å². The third kappa shape index (κ3) is 3.72. The quantitative estimate of drug-likeness (QED) is 0.809. The summed E-state index contributed by atoms with van der Waals surface area (Å²) in [5, 5.41) is 0. The largest absolute Gasteiger partial charge is 0.399 e. The number of ether oxygens (including phenoxy) is 1. The molecule has 1 fully saturated rings. The van der Waals surface area contributed by atoms with Gasteiger partial charge in [-0.1, -0.05) is 12.1 Å². The van der Waals surface area contributed by atoms with Gasteiger partial charge in [-0.15, -0.1) is 0 Å².